The van der Waals surface area contributed by atoms with Gasteiger partial charge in [-0.15, -0.1) is 0 Å². The Labute approximate surface area is 302 Å². The van der Waals surface area contributed by atoms with E-state index in [1.807, 2.05) is 49.1 Å². The molecule has 0 bridgehead atoms. The number of likely N-dealkylation sites (tertiary alicyclic amines) is 1. The van der Waals surface area contributed by atoms with Gasteiger partial charge in [-0.1, -0.05) is 48.5 Å². The Kier molecular flexibility index (Phi) is 13.2. The van der Waals surface area contributed by atoms with Gasteiger partial charge in [-0.2, -0.15) is 23.1 Å². The van der Waals surface area contributed by atoms with E-state index < -0.39 is 11.7 Å². The van der Waals surface area contributed by atoms with Crippen molar-refractivity contribution < 1.29 is 27.4 Å². The van der Waals surface area contributed by atoms with Crippen LogP contribution in [-0.4, -0.2) is 71.3 Å². The smallest absolute Gasteiger partial charge is 0.416 e. The summed E-state index contributed by atoms with van der Waals surface area (Å²) in [6.45, 7) is 7.76. The normalized spacial score (nSPS) is 13.7. The van der Waals surface area contributed by atoms with Crippen LogP contribution in [0.25, 0.3) is 11.1 Å². The van der Waals surface area contributed by atoms with Crippen molar-refractivity contribution in [1.82, 2.24) is 20.2 Å². The van der Waals surface area contributed by atoms with Crippen LogP contribution in [0.4, 0.5) is 24.5 Å². The van der Waals surface area contributed by atoms with Gasteiger partial charge in [0, 0.05) is 36.9 Å². The zero-order valence-corrected chi connectivity index (χ0v) is 29.6. The molecule has 3 aromatic carbocycles. The second-order valence-electron chi connectivity index (χ2n) is 12.1. The van der Waals surface area contributed by atoms with Crippen LogP contribution in [0.3, 0.4) is 0 Å². The van der Waals surface area contributed by atoms with E-state index in [1.54, 1.807) is 24.3 Å². The Morgan fingerprint density at radius 2 is 1.53 bits per heavy atom. The summed E-state index contributed by atoms with van der Waals surface area (Å²) in [6.07, 6.45) is 0.320. The van der Waals surface area contributed by atoms with E-state index in [0.29, 0.717) is 59.0 Å². The predicted molar refractivity (Wildman–Crippen MR) is 197 cm³/mol. The number of piperidine rings is 1. The maximum absolute atomic E-state index is 13.4. The summed E-state index contributed by atoms with van der Waals surface area (Å²) in [5.74, 6) is 0.574. The molecule has 2 heterocycles. The largest absolute Gasteiger partial charge is 0.476 e. The monoisotopic (exact) mass is 720 g/mol. The third kappa shape index (κ3) is 10.2. The van der Waals surface area contributed by atoms with Gasteiger partial charge in [0.2, 0.25) is 11.8 Å². The van der Waals surface area contributed by atoms with Gasteiger partial charge in [0.1, 0.15) is 6.33 Å². The highest BCUT2D eigenvalue weighted by molar-refractivity contribution is 7.80. The number of benzene rings is 3. The van der Waals surface area contributed by atoms with E-state index in [9.17, 15) is 18.0 Å². The number of unbranched alkanes of at least 4 members (excludes halogenated alkanes) is 1. The number of halogens is 3. The Morgan fingerprint density at radius 3 is 2.16 bits per heavy atom. The zero-order chi connectivity index (χ0) is 36.2. The lowest BCUT2D eigenvalue weighted by Crippen LogP contribution is -2.45. The van der Waals surface area contributed by atoms with Crippen LogP contribution >= 0.6 is 12.2 Å². The lowest BCUT2D eigenvalue weighted by molar-refractivity contribution is -0.137. The van der Waals surface area contributed by atoms with E-state index in [-0.39, 0.29) is 11.9 Å². The molecule has 1 aromatic heterocycles. The van der Waals surface area contributed by atoms with Crippen LogP contribution in [0, 0.1) is 0 Å². The number of carbonyl (C=O) groups is 1. The van der Waals surface area contributed by atoms with Crippen molar-refractivity contribution in [3.63, 3.8) is 0 Å². The van der Waals surface area contributed by atoms with Crippen LogP contribution in [0.1, 0.15) is 55.5 Å². The van der Waals surface area contributed by atoms with E-state index in [0.717, 1.165) is 63.1 Å². The van der Waals surface area contributed by atoms with Crippen molar-refractivity contribution in [1.29, 1.82) is 0 Å². The number of nitrogens with zero attached hydrogens (tertiary/aromatic N) is 4. The van der Waals surface area contributed by atoms with Gasteiger partial charge >= 0.3 is 6.18 Å². The molecule has 0 radical (unpaired) electrons. The Bertz CT molecular complexity index is 1710. The summed E-state index contributed by atoms with van der Waals surface area (Å²) in [4.78, 5) is 26.5. The number of rotatable bonds is 14. The number of alkyl halides is 3. The fraction of sp³-hybridized carbons (Fsp3) is 0.368. The van der Waals surface area contributed by atoms with Crippen molar-refractivity contribution in [3.05, 3.63) is 96.3 Å². The fourth-order valence-electron chi connectivity index (χ4n) is 6.03. The minimum atomic E-state index is -4.42. The average Bonchev–Trinajstić information content (AvgIpc) is 3.13. The standard InChI is InChI=1S/C38H43F3N6O3S/c1-3-49-35-33(36(50-4-2)43-26-42-35)47(37(51)45-29-12-6-5-7-13-29)23-11-10-22-46-24-20-30(21-25-46)44-34(48)32-15-9-8-14-31(32)27-16-18-28(19-17-27)38(39,40)41/h5-9,12-19,26,30H,3-4,10-11,20-25H2,1-2H3,(H,44,48)(H,45,51). The second kappa shape index (κ2) is 18.0. The Morgan fingerprint density at radius 1 is 0.902 bits per heavy atom. The van der Waals surface area contributed by atoms with Gasteiger partial charge in [-0.25, -0.2) is 0 Å². The number of hydrogen-bond acceptors (Lipinski definition) is 7. The minimum absolute atomic E-state index is 0.00149. The molecule has 0 aliphatic carbocycles. The highest BCUT2D eigenvalue weighted by atomic mass is 32.1. The molecule has 0 saturated carbocycles. The average molecular weight is 721 g/mol. The summed E-state index contributed by atoms with van der Waals surface area (Å²) in [7, 11) is 0. The summed E-state index contributed by atoms with van der Waals surface area (Å²) < 4.78 is 51.0. The van der Waals surface area contributed by atoms with Crippen molar-refractivity contribution in [3.8, 4) is 22.9 Å². The summed E-state index contributed by atoms with van der Waals surface area (Å²) in [5.41, 5.74) is 2.31. The molecule has 1 aliphatic rings. The summed E-state index contributed by atoms with van der Waals surface area (Å²) in [6, 6.07) is 21.6. The first-order chi connectivity index (χ1) is 24.7. The molecule has 13 heteroatoms. The maximum Gasteiger partial charge on any atom is 0.416 e. The van der Waals surface area contributed by atoms with Gasteiger partial charge in [-0.05, 0) is 99.8 Å². The summed E-state index contributed by atoms with van der Waals surface area (Å²) in [5, 5.41) is 6.96. The quantitative estimate of drug-likeness (QED) is 0.0999. The molecule has 0 unspecified atom stereocenters. The number of nitrogens with one attached hydrogen (secondary N) is 2. The minimum Gasteiger partial charge on any atom is -0.476 e. The molecule has 51 heavy (non-hydrogen) atoms. The topological polar surface area (TPSA) is 91.9 Å². The molecule has 1 fully saturated rings. The molecule has 0 atom stereocenters. The molecule has 1 aliphatic heterocycles. The number of carbonyl (C=O) groups excluding carboxylic acids is 1. The fourth-order valence-corrected chi connectivity index (χ4v) is 6.33. The van der Waals surface area contributed by atoms with Crippen LogP contribution < -0.4 is 25.0 Å². The first-order valence-electron chi connectivity index (χ1n) is 17.2. The molecule has 2 N–H and O–H groups in total. The molecule has 1 saturated heterocycles. The Balaban J connectivity index is 1.16. The first kappa shape index (κ1) is 37.5. The summed E-state index contributed by atoms with van der Waals surface area (Å²) >= 11 is 5.90. The number of amides is 1. The molecule has 4 aromatic rings. The van der Waals surface area contributed by atoms with Crippen LogP contribution in [0.15, 0.2) is 85.2 Å². The zero-order valence-electron chi connectivity index (χ0n) is 28.8. The Hall–Kier alpha value is -4.75. The maximum atomic E-state index is 13.4. The SMILES string of the molecule is CCOc1ncnc(OCC)c1N(CCCCN1CCC(NC(=O)c2ccccc2-c2ccc(C(F)(F)F)cc2)CC1)C(=S)Nc1ccccc1. The van der Waals surface area contributed by atoms with Crippen molar-refractivity contribution in [2.75, 3.05) is 49.6 Å². The van der Waals surface area contributed by atoms with Crippen molar-refractivity contribution in [2.45, 2.75) is 51.7 Å². The van der Waals surface area contributed by atoms with Gasteiger partial charge in [0.15, 0.2) is 10.8 Å². The van der Waals surface area contributed by atoms with Gasteiger partial charge < -0.3 is 29.9 Å². The van der Waals surface area contributed by atoms with E-state index >= 15 is 0 Å². The lowest BCUT2D eigenvalue weighted by atomic mass is 9.97. The molecule has 0 spiro atoms. The second-order valence-corrected chi connectivity index (χ2v) is 12.5. The molecule has 270 valence electrons. The number of thiocarbonyl (C=S) groups is 1. The molecular weight excluding hydrogens is 678 g/mol. The third-order valence-corrected chi connectivity index (χ3v) is 8.90. The molecular formula is C38H43F3N6O3S. The molecule has 1 amide bonds. The van der Waals surface area contributed by atoms with Gasteiger partial charge in [-0.3, -0.25) is 4.79 Å². The lowest BCUT2D eigenvalue weighted by Gasteiger charge is -2.33. The van der Waals surface area contributed by atoms with Crippen LogP contribution in [-0.2, 0) is 6.18 Å². The number of ether oxygens (including phenoxy) is 2. The molecule has 5 rings (SSSR count). The van der Waals surface area contributed by atoms with Crippen molar-refractivity contribution >= 4 is 34.6 Å². The highest BCUT2D eigenvalue weighted by Crippen LogP contribution is 2.36. The van der Waals surface area contributed by atoms with Crippen LogP contribution in [0.5, 0.6) is 11.8 Å². The number of anilines is 2. The van der Waals surface area contributed by atoms with E-state index in [1.165, 1.54) is 18.5 Å². The van der Waals surface area contributed by atoms with Gasteiger partial charge in [0.25, 0.3) is 5.91 Å². The third-order valence-electron chi connectivity index (χ3n) is 8.58. The number of hydrogen-bond donors (Lipinski definition) is 2. The number of aromatic nitrogens is 2. The van der Waals surface area contributed by atoms with E-state index in [4.69, 9.17) is 21.7 Å². The predicted octanol–water partition coefficient (Wildman–Crippen LogP) is 7.84. The molecule has 9 nitrogen and oxygen atoms in total. The van der Waals surface area contributed by atoms with Crippen LogP contribution in [0.2, 0.25) is 0 Å². The van der Waals surface area contributed by atoms with E-state index in [2.05, 4.69) is 25.5 Å². The van der Waals surface area contributed by atoms with Gasteiger partial charge in [0.05, 0.1) is 18.8 Å². The number of para-hydroxylation sites is 1. The highest BCUT2D eigenvalue weighted by Gasteiger charge is 2.30. The van der Waals surface area contributed by atoms with Crippen molar-refractivity contribution in [2.24, 2.45) is 0 Å². The first-order valence-corrected chi connectivity index (χ1v) is 17.6.